The van der Waals surface area contributed by atoms with E-state index in [1.165, 1.54) is 4.90 Å². The number of nitrogens with zero attached hydrogens (tertiary/aromatic N) is 1. The van der Waals surface area contributed by atoms with E-state index >= 15 is 0 Å². The van der Waals surface area contributed by atoms with Gasteiger partial charge in [-0.05, 0) is 12.0 Å². The zero-order valence-electron chi connectivity index (χ0n) is 11.0. The van der Waals surface area contributed by atoms with Crippen molar-refractivity contribution in [2.24, 2.45) is 0 Å². The van der Waals surface area contributed by atoms with Crippen molar-refractivity contribution in [3.05, 3.63) is 35.9 Å². The van der Waals surface area contributed by atoms with Crippen molar-refractivity contribution in [1.29, 1.82) is 0 Å². The van der Waals surface area contributed by atoms with Crippen LogP contribution >= 0.6 is 0 Å². The number of aliphatic hydroxyl groups is 1. The summed E-state index contributed by atoms with van der Waals surface area (Å²) < 4.78 is 0. The summed E-state index contributed by atoms with van der Waals surface area (Å²) in [6, 6.07) is 8.43. The fraction of sp³-hybridized carbons (Fsp3) is 0.429. The Kier molecular flexibility index (Phi) is 4.57. The Balaban J connectivity index is 2.06. The summed E-state index contributed by atoms with van der Waals surface area (Å²) in [5, 5.41) is 20.6. The first-order valence-corrected chi connectivity index (χ1v) is 6.56. The molecule has 1 aromatic carbocycles. The molecule has 0 saturated carbocycles. The van der Waals surface area contributed by atoms with E-state index in [0.717, 1.165) is 5.56 Å². The lowest BCUT2D eigenvalue weighted by Crippen LogP contribution is -2.48. The van der Waals surface area contributed by atoms with Crippen molar-refractivity contribution >= 4 is 12.0 Å². The van der Waals surface area contributed by atoms with E-state index in [2.05, 4.69) is 5.32 Å². The van der Waals surface area contributed by atoms with Crippen LogP contribution in [-0.2, 0) is 11.2 Å². The summed E-state index contributed by atoms with van der Waals surface area (Å²) >= 11 is 0. The van der Waals surface area contributed by atoms with E-state index in [4.69, 9.17) is 5.11 Å². The molecule has 1 aromatic rings. The molecular formula is C14H18N2O4. The van der Waals surface area contributed by atoms with Gasteiger partial charge in [0.05, 0.1) is 6.10 Å². The molecule has 2 amide bonds. The predicted octanol–water partition coefficient (Wildman–Crippen LogP) is 0.458. The lowest BCUT2D eigenvalue weighted by atomic mass is 10.1. The minimum Gasteiger partial charge on any atom is -0.465 e. The molecule has 1 aliphatic heterocycles. The number of rotatable bonds is 4. The minimum absolute atomic E-state index is 0.269. The molecule has 3 N–H and O–H groups in total. The van der Waals surface area contributed by atoms with E-state index in [1.54, 1.807) is 0 Å². The zero-order valence-corrected chi connectivity index (χ0v) is 11.0. The van der Waals surface area contributed by atoms with Gasteiger partial charge >= 0.3 is 6.09 Å². The number of likely N-dealkylation sites (tertiary alicyclic amines) is 1. The maximum absolute atomic E-state index is 12.3. The molecule has 1 aliphatic rings. The third-order valence-electron chi connectivity index (χ3n) is 3.35. The van der Waals surface area contributed by atoms with Crippen LogP contribution in [0.4, 0.5) is 4.79 Å². The van der Waals surface area contributed by atoms with Crippen molar-refractivity contribution in [1.82, 2.24) is 10.2 Å². The molecule has 2 unspecified atom stereocenters. The average molecular weight is 278 g/mol. The highest BCUT2D eigenvalue weighted by molar-refractivity contribution is 5.85. The molecule has 2 atom stereocenters. The second-order valence-electron chi connectivity index (χ2n) is 4.92. The molecule has 0 aliphatic carbocycles. The number of aliphatic hydroxyl groups excluding tert-OH is 1. The normalized spacial score (nSPS) is 19.6. The molecule has 1 fully saturated rings. The molecule has 20 heavy (non-hydrogen) atoms. The summed E-state index contributed by atoms with van der Waals surface area (Å²) in [4.78, 5) is 24.7. The van der Waals surface area contributed by atoms with Gasteiger partial charge in [0.15, 0.2) is 0 Å². The van der Waals surface area contributed by atoms with Crippen molar-refractivity contribution in [3.63, 3.8) is 0 Å². The van der Waals surface area contributed by atoms with Crippen molar-refractivity contribution < 1.29 is 19.8 Å². The van der Waals surface area contributed by atoms with Crippen molar-refractivity contribution in [2.45, 2.75) is 25.0 Å². The number of amides is 2. The molecule has 2 rings (SSSR count). The van der Waals surface area contributed by atoms with Crippen LogP contribution in [0.15, 0.2) is 30.3 Å². The Hall–Kier alpha value is -2.08. The van der Waals surface area contributed by atoms with Crippen LogP contribution in [0.2, 0.25) is 0 Å². The first-order chi connectivity index (χ1) is 9.56. The second-order valence-corrected chi connectivity index (χ2v) is 4.92. The van der Waals surface area contributed by atoms with Gasteiger partial charge in [-0.25, -0.2) is 4.79 Å². The van der Waals surface area contributed by atoms with Gasteiger partial charge in [-0.3, -0.25) is 4.79 Å². The number of nitrogens with one attached hydrogen (secondary N) is 1. The molecule has 1 saturated heterocycles. The summed E-state index contributed by atoms with van der Waals surface area (Å²) in [6.45, 7) is 0.734. The van der Waals surface area contributed by atoms with Crippen LogP contribution < -0.4 is 5.32 Å². The van der Waals surface area contributed by atoms with Gasteiger partial charge in [-0.2, -0.15) is 0 Å². The van der Waals surface area contributed by atoms with Gasteiger partial charge in [0.2, 0.25) is 5.91 Å². The number of carbonyl (C=O) groups is 2. The maximum Gasteiger partial charge on any atom is 0.405 e. The molecule has 0 aromatic heterocycles. The third-order valence-corrected chi connectivity index (χ3v) is 3.35. The lowest BCUT2D eigenvalue weighted by Gasteiger charge is -2.23. The largest absolute Gasteiger partial charge is 0.465 e. The molecule has 1 heterocycles. The Bertz CT molecular complexity index is 477. The molecule has 6 heteroatoms. The van der Waals surface area contributed by atoms with Crippen LogP contribution in [0.25, 0.3) is 0 Å². The van der Waals surface area contributed by atoms with Gasteiger partial charge < -0.3 is 20.4 Å². The van der Waals surface area contributed by atoms with E-state index in [0.29, 0.717) is 19.4 Å². The SMILES string of the molecule is O=C(O)NC(Cc1ccccc1)C(=O)N1CCC(O)C1. The lowest BCUT2D eigenvalue weighted by molar-refractivity contribution is -0.132. The highest BCUT2D eigenvalue weighted by atomic mass is 16.4. The summed E-state index contributed by atoms with van der Waals surface area (Å²) in [5.74, 6) is -0.284. The summed E-state index contributed by atoms with van der Waals surface area (Å²) in [7, 11) is 0. The van der Waals surface area contributed by atoms with Crippen LogP contribution in [0, 0.1) is 0 Å². The monoisotopic (exact) mass is 278 g/mol. The van der Waals surface area contributed by atoms with Crippen LogP contribution in [0.1, 0.15) is 12.0 Å². The van der Waals surface area contributed by atoms with Gasteiger partial charge in [-0.15, -0.1) is 0 Å². The molecule has 0 radical (unpaired) electrons. The van der Waals surface area contributed by atoms with E-state index in [9.17, 15) is 14.7 Å². The first-order valence-electron chi connectivity index (χ1n) is 6.56. The van der Waals surface area contributed by atoms with E-state index in [1.807, 2.05) is 30.3 Å². The standard InChI is InChI=1S/C14H18N2O4/c17-11-6-7-16(9-11)13(18)12(15-14(19)20)8-10-4-2-1-3-5-10/h1-5,11-12,15,17H,6-9H2,(H,19,20). The van der Waals surface area contributed by atoms with Gasteiger partial charge in [0, 0.05) is 19.5 Å². The fourth-order valence-corrected chi connectivity index (χ4v) is 2.36. The number of benzene rings is 1. The van der Waals surface area contributed by atoms with E-state index < -0.39 is 18.2 Å². The number of hydrogen-bond acceptors (Lipinski definition) is 3. The van der Waals surface area contributed by atoms with Crippen LogP contribution in [0.3, 0.4) is 0 Å². The average Bonchev–Trinajstić information content (AvgIpc) is 2.84. The summed E-state index contributed by atoms with van der Waals surface area (Å²) in [6.07, 6.45) is -0.893. The Morgan fingerprint density at radius 3 is 2.60 bits per heavy atom. The molecule has 6 nitrogen and oxygen atoms in total. The topological polar surface area (TPSA) is 89.9 Å². The molecular weight excluding hydrogens is 260 g/mol. The van der Waals surface area contributed by atoms with Gasteiger partial charge in [-0.1, -0.05) is 30.3 Å². The number of hydrogen-bond donors (Lipinski definition) is 3. The van der Waals surface area contributed by atoms with Gasteiger partial charge in [0.1, 0.15) is 6.04 Å². The predicted molar refractivity (Wildman–Crippen MR) is 72.3 cm³/mol. The first kappa shape index (κ1) is 14.3. The quantitative estimate of drug-likeness (QED) is 0.746. The fourth-order valence-electron chi connectivity index (χ4n) is 2.36. The Labute approximate surface area is 117 Å². The van der Waals surface area contributed by atoms with Crippen molar-refractivity contribution in [2.75, 3.05) is 13.1 Å². The van der Waals surface area contributed by atoms with E-state index in [-0.39, 0.29) is 12.5 Å². The molecule has 108 valence electrons. The molecule has 0 spiro atoms. The van der Waals surface area contributed by atoms with Crippen LogP contribution in [0.5, 0.6) is 0 Å². The minimum atomic E-state index is -1.22. The third kappa shape index (κ3) is 3.71. The van der Waals surface area contributed by atoms with Crippen LogP contribution in [-0.4, -0.2) is 52.3 Å². The highest BCUT2D eigenvalue weighted by Gasteiger charge is 2.30. The zero-order chi connectivity index (χ0) is 14.5. The molecule has 0 bridgehead atoms. The number of carbonyl (C=O) groups excluding carboxylic acids is 1. The summed E-state index contributed by atoms with van der Waals surface area (Å²) in [5.41, 5.74) is 0.888. The Morgan fingerprint density at radius 1 is 1.35 bits per heavy atom. The van der Waals surface area contributed by atoms with Gasteiger partial charge in [0.25, 0.3) is 0 Å². The number of β-amino-alcohol motifs (C(OH)–C–C–N with tert-alkyl or cyclic N) is 1. The Morgan fingerprint density at radius 2 is 2.05 bits per heavy atom. The maximum atomic E-state index is 12.3. The smallest absolute Gasteiger partial charge is 0.405 e. The second kappa shape index (κ2) is 6.38. The van der Waals surface area contributed by atoms with Crippen molar-refractivity contribution in [3.8, 4) is 0 Å². The number of carboxylic acid groups (broad SMARTS) is 1. The highest BCUT2D eigenvalue weighted by Crippen LogP contribution is 2.12.